The molecule has 33 heavy (non-hydrogen) atoms. The van der Waals surface area contributed by atoms with E-state index in [4.69, 9.17) is 0 Å². The van der Waals surface area contributed by atoms with Gasteiger partial charge in [0.1, 0.15) is 6.04 Å². The van der Waals surface area contributed by atoms with Gasteiger partial charge in [0.2, 0.25) is 17.7 Å². The molecule has 4 rings (SSSR count). The van der Waals surface area contributed by atoms with Crippen LogP contribution >= 0.6 is 27.7 Å². The molecule has 0 aliphatic carbocycles. The van der Waals surface area contributed by atoms with Gasteiger partial charge in [0.05, 0.1) is 16.6 Å². The van der Waals surface area contributed by atoms with E-state index in [9.17, 15) is 19.5 Å². The maximum Gasteiger partial charge on any atom is 0.244 e. The summed E-state index contributed by atoms with van der Waals surface area (Å²) < 4.78 is -0.621. The molecule has 0 aromatic heterocycles. The zero-order chi connectivity index (χ0) is 23.6. The van der Waals surface area contributed by atoms with E-state index in [0.29, 0.717) is 38.9 Å². The van der Waals surface area contributed by atoms with Gasteiger partial charge in [0, 0.05) is 36.3 Å². The highest BCUT2D eigenvalue weighted by atomic mass is 79.9. The van der Waals surface area contributed by atoms with E-state index in [0.717, 1.165) is 12.0 Å². The predicted molar refractivity (Wildman–Crippen MR) is 132 cm³/mol. The number of carbonyl (C=O) groups is 3. The molecule has 3 amide bonds. The van der Waals surface area contributed by atoms with Crippen molar-refractivity contribution in [3.8, 4) is 0 Å². The van der Waals surface area contributed by atoms with Gasteiger partial charge in [-0.05, 0) is 31.2 Å². The lowest BCUT2D eigenvalue weighted by Crippen LogP contribution is -2.54. The van der Waals surface area contributed by atoms with Gasteiger partial charge in [0.15, 0.2) is 0 Å². The topological polar surface area (TPSA) is 98.7 Å². The lowest BCUT2D eigenvalue weighted by Gasteiger charge is -2.35. The second kappa shape index (κ2) is 10.4. The fourth-order valence-corrected chi connectivity index (χ4v) is 9.23. The van der Waals surface area contributed by atoms with Crippen LogP contribution < -0.4 is 10.6 Å². The van der Waals surface area contributed by atoms with Crippen LogP contribution in [0.5, 0.6) is 0 Å². The van der Waals surface area contributed by atoms with E-state index in [-0.39, 0.29) is 34.4 Å². The van der Waals surface area contributed by atoms with Crippen LogP contribution in [-0.4, -0.2) is 68.3 Å². The molecule has 3 fully saturated rings. The van der Waals surface area contributed by atoms with Crippen molar-refractivity contribution in [2.75, 3.05) is 19.7 Å². The van der Waals surface area contributed by atoms with Crippen molar-refractivity contribution in [3.05, 3.63) is 35.9 Å². The molecule has 2 bridgehead atoms. The molecule has 0 radical (unpaired) electrons. The molecule has 1 aromatic carbocycles. The average molecular weight is 539 g/mol. The minimum absolute atomic E-state index is 0.0279. The lowest BCUT2D eigenvalue weighted by molar-refractivity contribution is -0.140. The van der Waals surface area contributed by atoms with E-state index in [1.165, 1.54) is 0 Å². The van der Waals surface area contributed by atoms with Gasteiger partial charge in [-0.1, -0.05) is 53.2 Å². The molecule has 3 unspecified atom stereocenters. The second-order valence-electron chi connectivity index (χ2n) is 9.12. The number of likely N-dealkylation sites (tertiary alicyclic amines) is 1. The van der Waals surface area contributed by atoms with Crippen LogP contribution in [0.2, 0.25) is 0 Å². The average Bonchev–Trinajstić information content (AvgIpc) is 3.40. The van der Waals surface area contributed by atoms with Crippen molar-refractivity contribution in [2.24, 2.45) is 11.8 Å². The van der Waals surface area contributed by atoms with Crippen molar-refractivity contribution in [3.63, 3.8) is 0 Å². The maximum atomic E-state index is 13.7. The van der Waals surface area contributed by atoms with Crippen molar-refractivity contribution >= 4 is 45.4 Å². The molecule has 3 saturated heterocycles. The second-order valence-corrected chi connectivity index (χ2v) is 11.8. The van der Waals surface area contributed by atoms with Crippen LogP contribution in [0.1, 0.15) is 38.2 Å². The third-order valence-electron chi connectivity index (χ3n) is 7.01. The maximum absolute atomic E-state index is 13.7. The van der Waals surface area contributed by atoms with Crippen LogP contribution in [-0.2, 0) is 20.9 Å². The van der Waals surface area contributed by atoms with E-state index >= 15 is 0 Å². The van der Waals surface area contributed by atoms with E-state index in [2.05, 4.69) is 26.6 Å². The summed E-state index contributed by atoms with van der Waals surface area (Å²) in [6.45, 7) is 3.42. The number of fused-ring (bicyclic) bond motifs is 1. The molecular formula is C24H32BrN3O4S. The first-order chi connectivity index (χ1) is 15.9. The van der Waals surface area contributed by atoms with Crippen LogP contribution in [0.3, 0.4) is 0 Å². The quantitative estimate of drug-likeness (QED) is 0.313. The summed E-state index contributed by atoms with van der Waals surface area (Å²) in [7, 11) is 0. The molecule has 7 nitrogen and oxygen atoms in total. The molecule has 1 spiro atoms. The number of amides is 3. The van der Waals surface area contributed by atoms with Crippen LogP contribution in [0.25, 0.3) is 0 Å². The highest BCUT2D eigenvalue weighted by Gasteiger charge is 2.75. The molecule has 3 N–H and O–H groups in total. The third kappa shape index (κ3) is 4.44. The van der Waals surface area contributed by atoms with Gasteiger partial charge in [-0.3, -0.25) is 14.4 Å². The number of unbranched alkanes of at least 4 members (excludes halogenated alkanes) is 1. The van der Waals surface area contributed by atoms with Gasteiger partial charge in [-0.2, -0.15) is 0 Å². The van der Waals surface area contributed by atoms with Crippen molar-refractivity contribution < 1.29 is 19.5 Å². The molecule has 1 aromatic rings. The molecule has 180 valence electrons. The molecule has 6 atom stereocenters. The molecule has 0 saturated carbocycles. The summed E-state index contributed by atoms with van der Waals surface area (Å²) in [5.41, 5.74) is 0.995. The minimum Gasteiger partial charge on any atom is -0.396 e. The number of hydrogen-bond donors (Lipinski definition) is 3. The SMILES string of the molecule is CCCNC(=O)[C@H]1[C@H]2C(=O)N(CCCCO)C(C(=O)NCc3ccccc3)C23CC(Br)[C@@H]1S3. The molecular weight excluding hydrogens is 506 g/mol. The number of aliphatic hydroxyl groups is 1. The highest BCUT2D eigenvalue weighted by molar-refractivity contribution is 9.09. The first kappa shape index (κ1) is 24.5. The third-order valence-corrected chi connectivity index (χ3v) is 10.2. The normalized spacial score (nSPS) is 32.2. The van der Waals surface area contributed by atoms with Crippen LogP contribution in [0.4, 0.5) is 0 Å². The van der Waals surface area contributed by atoms with Gasteiger partial charge >= 0.3 is 0 Å². The van der Waals surface area contributed by atoms with Gasteiger partial charge < -0.3 is 20.6 Å². The van der Waals surface area contributed by atoms with E-state index < -0.39 is 22.6 Å². The number of benzene rings is 1. The zero-order valence-electron chi connectivity index (χ0n) is 18.8. The highest BCUT2D eigenvalue weighted by Crippen LogP contribution is 2.67. The lowest BCUT2D eigenvalue weighted by atomic mass is 9.70. The van der Waals surface area contributed by atoms with Crippen LogP contribution in [0.15, 0.2) is 30.3 Å². The fourth-order valence-electron chi connectivity index (χ4n) is 5.61. The number of nitrogens with one attached hydrogen (secondary N) is 2. The standard InChI is InChI=1S/C24H32BrN3O4S/c1-2-10-26-21(30)17-18-23(32)28(11-6-7-12-29)20(24(18)13-16(25)19(17)33-24)22(31)27-14-15-8-4-3-5-9-15/h3-5,8-9,16-20,29H,2,6-7,10-14H2,1H3,(H,26,30)(H,27,31)/t16?,17-,18-,19-,20?,24?/m0/s1. The molecule has 3 aliphatic heterocycles. The van der Waals surface area contributed by atoms with Gasteiger partial charge in [0.25, 0.3) is 0 Å². The number of carbonyl (C=O) groups excluding carboxylic acids is 3. The summed E-state index contributed by atoms with van der Waals surface area (Å²) >= 11 is 5.42. The Morgan fingerprint density at radius 1 is 1.21 bits per heavy atom. The Balaban J connectivity index is 1.62. The zero-order valence-corrected chi connectivity index (χ0v) is 21.2. The van der Waals surface area contributed by atoms with Gasteiger partial charge in [-0.15, -0.1) is 11.8 Å². The van der Waals surface area contributed by atoms with Crippen molar-refractivity contribution in [1.82, 2.24) is 15.5 Å². The number of rotatable bonds is 10. The summed E-state index contributed by atoms with van der Waals surface area (Å²) in [5, 5.41) is 15.3. The number of hydrogen-bond acceptors (Lipinski definition) is 5. The van der Waals surface area contributed by atoms with E-state index in [1.54, 1.807) is 16.7 Å². The number of nitrogens with zero attached hydrogens (tertiary/aromatic N) is 1. The molecule has 3 heterocycles. The Bertz CT molecular complexity index is 888. The number of alkyl halides is 1. The minimum atomic E-state index is -0.628. The first-order valence-corrected chi connectivity index (χ1v) is 13.6. The number of halogens is 1. The summed E-state index contributed by atoms with van der Waals surface area (Å²) in [6.07, 6.45) is 2.69. The van der Waals surface area contributed by atoms with E-state index in [1.807, 2.05) is 37.3 Å². The molecule has 9 heteroatoms. The Hall–Kier alpha value is -1.58. The Morgan fingerprint density at radius 2 is 1.97 bits per heavy atom. The predicted octanol–water partition coefficient (Wildman–Crippen LogP) is 2.07. The Labute approximate surface area is 207 Å². The van der Waals surface area contributed by atoms with Crippen molar-refractivity contribution in [1.29, 1.82) is 0 Å². The summed E-state index contributed by atoms with van der Waals surface area (Å²) in [6, 6.07) is 9.08. The number of aliphatic hydroxyl groups excluding tert-OH is 1. The van der Waals surface area contributed by atoms with Crippen molar-refractivity contribution in [2.45, 2.75) is 60.0 Å². The Kier molecular flexibility index (Phi) is 7.70. The Morgan fingerprint density at radius 3 is 2.67 bits per heavy atom. The summed E-state index contributed by atoms with van der Waals surface area (Å²) in [5.74, 6) is -1.29. The monoisotopic (exact) mass is 537 g/mol. The fraction of sp³-hybridized carbons (Fsp3) is 0.625. The number of thioether (sulfide) groups is 1. The summed E-state index contributed by atoms with van der Waals surface area (Å²) in [4.78, 5) is 42.2. The van der Waals surface area contributed by atoms with Gasteiger partial charge in [-0.25, -0.2) is 0 Å². The largest absolute Gasteiger partial charge is 0.396 e. The van der Waals surface area contributed by atoms with Crippen LogP contribution in [0, 0.1) is 11.8 Å². The molecule has 3 aliphatic rings. The first-order valence-electron chi connectivity index (χ1n) is 11.8. The smallest absolute Gasteiger partial charge is 0.244 e.